The Morgan fingerprint density at radius 2 is 1.08 bits per heavy atom. The second-order valence-electron chi connectivity index (χ2n) is 17.0. The lowest BCUT2D eigenvalue weighted by molar-refractivity contribution is 0.393. The zero-order valence-corrected chi connectivity index (χ0v) is 34.0. The average Bonchev–Trinajstić information content (AvgIpc) is 3.63. The quantitative estimate of drug-likeness (QED) is 0.139. The first-order chi connectivity index (χ1) is 29.8. The number of anilines is 2. The molecule has 0 bridgehead atoms. The summed E-state index contributed by atoms with van der Waals surface area (Å²) in [6, 6.07) is 73.3. The van der Waals surface area contributed by atoms with Gasteiger partial charge in [0.25, 0.3) is 0 Å². The van der Waals surface area contributed by atoms with Gasteiger partial charge in [-0.25, -0.2) is 0 Å². The van der Waals surface area contributed by atoms with Crippen LogP contribution in [-0.2, 0) is 5.41 Å². The van der Waals surface area contributed by atoms with Crippen LogP contribution in [0.4, 0.5) is 11.4 Å². The van der Waals surface area contributed by atoms with Crippen molar-refractivity contribution in [2.45, 2.75) is 49.5 Å². The van der Waals surface area contributed by atoms with Gasteiger partial charge in [-0.3, -0.25) is 0 Å². The van der Waals surface area contributed by atoms with Crippen molar-refractivity contribution >= 4 is 22.1 Å². The molecule has 0 radical (unpaired) electrons. The molecule has 3 atom stereocenters. The van der Waals surface area contributed by atoms with Crippen LogP contribution in [0, 0.1) is 5.92 Å². The molecule has 0 N–H and O–H groups in total. The summed E-state index contributed by atoms with van der Waals surface area (Å²) >= 11 is 0. The highest BCUT2D eigenvalue weighted by Gasteiger charge is 2.53. The molecule has 1 heteroatoms. The van der Waals surface area contributed by atoms with Crippen molar-refractivity contribution in [3.8, 4) is 33.4 Å². The van der Waals surface area contributed by atoms with Gasteiger partial charge in [0.1, 0.15) is 0 Å². The third-order valence-corrected chi connectivity index (χ3v) is 13.8. The van der Waals surface area contributed by atoms with Crippen molar-refractivity contribution in [1.82, 2.24) is 0 Å². The molecular weight excluding hydrogens is 723 g/mol. The molecule has 1 nitrogen and oxygen atoms in total. The number of fused-ring (bicyclic) bond motifs is 4. The Balaban J connectivity index is 0.974. The first-order valence-electron chi connectivity index (χ1n) is 21.9. The monoisotopic (exact) mass is 771 g/mol. The molecule has 0 heterocycles. The molecule has 0 spiro atoms. The van der Waals surface area contributed by atoms with Crippen LogP contribution in [0.3, 0.4) is 0 Å². The highest BCUT2D eigenvalue weighted by molar-refractivity contribution is 6.04. The zero-order chi connectivity index (χ0) is 39.9. The lowest BCUT2D eigenvalue weighted by Crippen LogP contribution is -2.35. The summed E-state index contributed by atoms with van der Waals surface area (Å²) in [5.41, 5.74) is 15.5. The summed E-state index contributed by atoms with van der Waals surface area (Å²) < 4.78 is 0. The predicted molar refractivity (Wildman–Crippen MR) is 253 cm³/mol. The first kappa shape index (κ1) is 36.4. The Kier molecular flexibility index (Phi) is 9.39. The topological polar surface area (TPSA) is 3.24 Å². The number of hydrogen-bond acceptors (Lipinski definition) is 1. The Bertz CT molecular complexity index is 2790. The maximum absolute atomic E-state index is 2.59. The van der Waals surface area contributed by atoms with Crippen molar-refractivity contribution in [3.63, 3.8) is 0 Å². The van der Waals surface area contributed by atoms with Gasteiger partial charge < -0.3 is 4.90 Å². The third-order valence-electron chi connectivity index (χ3n) is 13.8. The van der Waals surface area contributed by atoms with Crippen LogP contribution in [0.2, 0.25) is 0 Å². The van der Waals surface area contributed by atoms with Crippen molar-refractivity contribution in [2.24, 2.45) is 5.92 Å². The average molecular weight is 772 g/mol. The van der Waals surface area contributed by atoms with Crippen molar-refractivity contribution in [3.05, 3.63) is 241 Å². The largest absolute Gasteiger partial charge is 0.338 e. The lowest BCUT2D eigenvalue weighted by atomic mass is 9.62. The predicted octanol–water partition coefficient (Wildman–Crippen LogP) is 15.5. The van der Waals surface area contributed by atoms with Crippen LogP contribution in [0.15, 0.2) is 218 Å². The summed E-state index contributed by atoms with van der Waals surface area (Å²) in [6.07, 6.45) is 15.3. The molecule has 0 saturated carbocycles. The van der Waals surface area contributed by atoms with Crippen LogP contribution >= 0.6 is 0 Å². The SMILES string of the molecule is C1=CCC(N(c2ccc(-c3ccc4c(c3)C(c3ccccc3)(c3ccccc3)C3C=CCC[C@H]43)cc2)c2ccc(-c3ccc4ccccc4c3-c3ccccc3)cc2)CC1. The molecule has 3 aliphatic rings. The first-order valence-corrected chi connectivity index (χ1v) is 21.9. The molecule has 290 valence electrons. The fourth-order valence-corrected chi connectivity index (χ4v) is 11.1. The third kappa shape index (κ3) is 6.15. The molecule has 3 aliphatic carbocycles. The summed E-state index contributed by atoms with van der Waals surface area (Å²) in [7, 11) is 0. The molecule has 2 unspecified atom stereocenters. The number of allylic oxidation sites excluding steroid dienone is 3. The molecular formula is C59H49N. The minimum absolute atomic E-state index is 0.248. The Hall–Kier alpha value is -6.70. The van der Waals surface area contributed by atoms with E-state index >= 15 is 0 Å². The molecule has 0 aromatic heterocycles. The minimum Gasteiger partial charge on any atom is -0.338 e. The van der Waals surface area contributed by atoms with Crippen molar-refractivity contribution in [1.29, 1.82) is 0 Å². The fourth-order valence-electron chi connectivity index (χ4n) is 11.1. The molecule has 60 heavy (non-hydrogen) atoms. The summed E-state index contributed by atoms with van der Waals surface area (Å²) in [4.78, 5) is 2.59. The van der Waals surface area contributed by atoms with E-state index in [1.54, 1.807) is 0 Å². The van der Waals surface area contributed by atoms with Crippen LogP contribution in [-0.4, -0.2) is 6.04 Å². The number of benzene rings is 8. The van der Waals surface area contributed by atoms with Gasteiger partial charge >= 0.3 is 0 Å². The van der Waals surface area contributed by atoms with Crippen molar-refractivity contribution < 1.29 is 0 Å². The van der Waals surface area contributed by atoms with Gasteiger partial charge in [0, 0.05) is 23.3 Å². The summed E-state index contributed by atoms with van der Waals surface area (Å²) in [6.45, 7) is 0. The normalized spacial score (nSPS) is 18.8. The number of hydrogen-bond donors (Lipinski definition) is 0. The second kappa shape index (κ2) is 15.5. The van der Waals surface area contributed by atoms with Crippen molar-refractivity contribution in [2.75, 3.05) is 4.90 Å². The summed E-state index contributed by atoms with van der Waals surface area (Å²) in [5, 5.41) is 2.55. The van der Waals surface area contributed by atoms with Crippen LogP contribution in [0.5, 0.6) is 0 Å². The lowest BCUT2D eigenvalue weighted by Gasteiger charge is -2.39. The second-order valence-corrected chi connectivity index (χ2v) is 17.0. The van der Waals surface area contributed by atoms with Gasteiger partial charge in [0.2, 0.25) is 0 Å². The number of nitrogens with zero attached hydrogens (tertiary/aromatic N) is 1. The van der Waals surface area contributed by atoms with E-state index in [4.69, 9.17) is 0 Å². The zero-order valence-electron chi connectivity index (χ0n) is 34.0. The minimum atomic E-state index is -0.248. The highest BCUT2D eigenvalue weighted by Crippen LogP contribution is 2.61. The Morgan fingerprint density at radius 3 is 1.77 bits per heavy atom. The van der Waals surface area contributed by atoms with Gasteiger partial charge in [-0.15, -0.1) is 0 Å². The van der Waals surface area contributed by atoms with E-state index in [9.17, 15) is 0 Å². The van der Waals surface area contributed by atoms with E-state index in [0.717, 1.165) is 25.7 Å². The number of rotatable bonds is 8. The van der Waals surface area contributed by atoms with E-state index in [0.29, 0.717) is 17.9 Å². The standard InChI is InChI=1S/C59H49N/c1-5-18-45(19-6-1)58-52-26-14-13-17-43(52)33-39-53(58)44-31-37-51(38-32-44)60(49-24-11-4-12-25-49)50-35-29-42(30-36-50)46-34-40-55-54-27-15-16-28-56(54)59(57(55)41-46,47-20-7-2-8-21-47)48-22-9-3-10-23-48/h1-11,13-14,16-23,26,28-41,49,54,56H,12,15,24-25,27H2/t49?,54-,56?/m1/s1. The maximum atomic E-state index is 2.59. The molecule has 8 aromatic carbocycles. The highest BCUT2D eigenvalue weighted by atomic mass is 15.2. The molecule has 0 amide bonds. The summed E-state index contributed by atoms with van der Waals surface area (Å²) in [5.74, 6) is 0.872. The van der Waals surface area contributed by atoms with E-state index < -0.39 is 0 Å². The van der Waals surface area contributed by atoms with Crippen LogP contribution in [0.25, 0.3) is 44.2 Å². The van der Waals surface area contributed by atoms with Gasteiger partial charge in [-0.1, -0.05) is 188 Å². The van der Waals surface area contributed by atoms with E-state index in [1.165, 1.54) is 84.2 Å². The molecule has 0 saturated heterocycles. The maximum Gasteiger partial charge on any atom is 0.0522 e. The smallest absolute Gasteiger partial charge is 0.0522 e. The fraction of sp³-hybridized carbons (Fsp3) is 0.153. The van der Waals surface area contributed by atoms with Gasteiger partial charge in [0.15, 0.2) is 0 Å². The van der Waals surface area contributed by atoms with Crippen LogP contribution in [0.1, 0.15) is 60.3 Å². The van der Waals surface area contributed by atoms with Gasteiger partial charge in [-0.2, -0.15) is 0 Å². The molecule has 11 rings (SSSR count). The van der Waals surface area contributed by atoms with E-state index in [-0.39, 0.29) is 5.41 Å². The molecule has 0 fully saturated rings. The molecule has 0 aliphatic heterocycles. The van der Waals surface area contributed by atoms with Gasteiger partial charge in [0.05, 0.1) is 5.41 Å². The van der Waals surface area contributed by atoms with E-state index in [1.807, 2.05) is 0 Å². The molecule has 8 aromatic rings. The van der Waals surface area contributed by atoms with E-state index in [2.05, 4.69) is 223 Å². The van der Waals surface area contributed by atoms with Crippen LogP contribution < -0.4 is 4.90 Å². The van der Waals surface area contributed by atoms with Gasteiger partial charge in [-0.05, 0) is 135 Å². The Labute approximate surface area is 355 Å². The Morgan fingerprint density at radius 1 is 0.467 bits per heavy atom.